The smallest absolute Gasteiger partial charge is 0.211 e. The van der Waals surface area contributed by atoms with E-state index in [4.69, 9.17) is 0 Å². The van der Waals surface area contributed by atoms with E-state index in [0.717, 1.165) is 13.1 Å². The van der Waals surface area contributed by atoms with Crippen molar-refractivity contribution in [2.75, 3.05) is 32.4 Å². The van der Waals surface area contributed by atoms with Crippen molar-refractivity contribution in [2.24, 2.45) is 0 Å². The Morgan fingerprint density at radius 3 is 2.47 bits per heavy atom. The molecule has 0 aromatic heterocycles. The second-order valence-electron chi connectivity index (χ2n) is 4.36. The first kappa shape index (κ1) is 12.9. The van der Waals surface area contributed by atoms with Crippen LogP contribution in [0.5, 0.6) is 0 Å². The standard InChI is InChI=1S/C10H22N2O2S/c1-4-5-6-11-7-8-12(9-10(11)2)15(3,13)14/h10H,4-9H2,1-3H3. The van der Waals surface area contributed by atoms with Crippen molar-refractivity contribution in [3.05, 3.63) is 0 Å². The summed E-state index contributed by atoms with van der Waals surface area (Å²) >= 11 is 0. The molecule has 0 aromatic carbocycles. The highest BCUT2D eigenvalue weighted by molar-refractivity contribution is 7.88. The van der Waals surface area contributed by atoms with Crippen LogP contribution in [0.4, 0.5) is 0 Å². The highest BCUT2D eigenvalue weighted by Crippen LogP contribution is 2.12. The molecule has 1 heterocycles. The lowest BCUT2D eigenvalue weighted by Gasteiger charge is -2.38. The normalized spacial score (nSPS) is 25.7. The molecule has 0 aliphatic carbocycles. The molecule has 0 bridgehead atoms. The fourth-order valence-corrected chi connectivity index (χ4v) is 2.86. The van der Waals surface area contributed by atoms with Gasteiger partial charge in [0, 0.05) is 25.7 Å². The van der Waals surface area contributed by atoms with Crippen LogP contribution in [0.15, 0.2) is 0 Å². The van der Waals surface area contributed by atoms with Gasteiger partial charge in [-0.3, -0.25) is 4.90 Å². The molecule has 1 aliphatic heterocycles. The Labute approximate surface area is 93.3 Å². The highest BCUT2D eigenvalue weighted by atomic mass is 32.2. The number of unbranched alkanes of at least 4 members (excludes halogenated alkanes) is 1. The van der Waals surface area contributed by atoms with Crippen LogP contribution in [0, 0.1) is 0 Å². The molecular weight excluding hydrogens is 212 g/mol. The lowest BCUT2D eigenvalue weighted by atomic mass is 10.2. The van der Waals surface area contributed by atoms with Crippen molar-refractivity contribution >= 4 is 10.0 Å². The zero-order chi connectivity index (χ0) is 11.5. The highest BCUT2D eigenvalue weighted by Gasteiger charge is 2.27. The van der Waals surface area contributed by atoms with Gasteiger partial charge in [-0.2, -0.15) is 4.31 Å². The van der Waals surface area contributed by atoms with E-state index in [0.29, 0.717) is 19.1 Å². The first-order valence-corrected chi connectivity index (χ1v) is 7.49. The van der Waals surface area contributed by atoms with Crippen LogP contribution >= 0.6 is 0 Å². The molecule has 4 nitrogen and oxygen atoms in total. The minimum absolute atomic E-state index is 0.347. The predicted octanol–water partition coefficient (Wildman–Crippen LogP) is 0.752. The van der Waals surface area contributed by atoms with E-state index in [2.05, 4.69) is 18.7 Å². The van der Waals surface area contributed by atoms with Crippen molar-refractivity contribution < 1.29 is 8.42 Å². The number of nitrogens with zero attached hydrogens (tertiary/aromatic N) is 2. The van der Waals surface area contributed by atoms with E-state index >= 15 is 0 Å². The molecule has 5 heteroatoms. The van der Waals surface area contributed by atoms with Crippen molar-refractivity contribution in [1.29, 1.82) is 0 Å². The molecule has 0 amide bonds. The molecule has 1 unspecified atom stereocenters. The van der Waals surface area contributed by atoms with E-state index in [9.17, 15) is 8.42 Å². The molecule has 0 N–H and O–H groups in total. The summed E-state index contributed by atoms with van der Waals surface area (Å²) in [5, 5.41) is 0. The summed E-state index contributed by atoms with van der Waals surface area (Å²) in [6.45, 7) is 7.53. The van der Waals surface area contributed by atoms with Crippen molar-refractivity contribution in [1.82, 2.24) is 9.21 Å². The maximum absolute atomic E-state index is 11.4. The van der Waals surface area contributed by atoms with Crippen LogP contribution in [0.2, 0.25) is 0 Å². The lowest BCUT2D eigenvalue weighted by Crippen LogP contribution is -2.53. The predicted molar refractivity (Wildman–Crippen MR) is 62.4 cm³/mol. The van der Waals surface area contributed by atoms with Crippen molar-refractivity contribution in [3.8, 4) is 0 Å². The molecule has 1 saturated heterocycles. The van der Waals surface area contributed by atoms with Crippen LogP contribution in [0.25, 0.3) is 0 Å². The summed E-state index contributed by atoms with van der Waals surface area (Å²) in [6.07, 6.45) is 3.68. The molecule has 0 radical (unpaired) electrons. The number of hydrogen-bond acceptors (Lipinski definition) is 3. The summed E-state index contributed by atoms with van der Waals surface area (Å²) in [5.74, 6) is 0. The van der Waals surface area contributed by atoms with Crippen molar-refractivity contribution in [3.63, 3.8) is 0 Å². The molecule has 1 fully saturated rings. The zero-order valence-electron chi connectivity index (χ0n) is 9.94. The fraction of sp³-hybridized carbons (Fsp3) is 1.00. The van der Waals surface area contributed by atoms with E-state index in [1.165, 1.54) is 19.1 Å². The maximum atomic E-state index is 11.4. The first-order chi connectivity index (χ1) is 6.95. The Hall–Kier alpha value is -0.130. The second-order valence-corrected chi connectivity index (χ2v) is 6.34. The van der Waals surface area contributed by atoms with Crippen molar-refractivity contribution in [2.45, 2.75) is 32.7 Å². The van der Waals surface area contributed by atoms with Gasteiger partial charge in [0.15, 0.2) is 0 Å². The lowest BCUT2D eigenvalue weighted by molar-refractivity contribution is 0.128. The minimum atomic E-state index is -3.00. The number of sulfonamides is 1. The number of piperazine rings is 1. The van der Waals surface area contributed by atoms with Gasteiger partial charge >= 0.3 is 0 Å². The summed E-state index contributed by atoms with van der Waals surface area (Å²) in [7, 11) is -3.00. The van der Waals surface area contributed by atoms with E-state index < -0.39 is 10.0 Å². The van der Waals surface area contributed by atoms with Gasteiger partial charge in [0.05, 0.1) is 6.26 Å². The Kier molecular flexibility index (Phi) is 4.55. The monoisotopic (exact) mass is 234 g/mol. The largest absolute Gasteiger partial charge is 0.298 e. The molecule has 0 saturated carbocycles. The Balaban J connectivity index is 2.48. The third-order valence-corrected chi connectivity index (χ3v) is 4.27. The van der Waals surface area contributed by atoms with Gasteiger partial charge in [-0.1, -0.05) is 13.3 Å². The quantitative estimate of drug-likeness (QED) is 0.721. The van der Waals surface area contributed by atoms with E-state index in [1.54, 1.807) is 4.31 Å². The Morgan fingerprint density at radius 1 is 1.33 bits per heavy atom. The van der Waals surface area contributed by atoms with Gasteiger partial charge in [0.2, 0.25) is 10.0 Å². The van der Waals surface area contributed by atoms with Crippen LogP contribution in [-0.2, 0) is 10.0 Å². The molecule has 90 valence electrons. The van der Waals surface area contributed by atoms with E-state index in [1.807, 2.05) is 0 Å². The number of rotatable bonds is 4. The summed E-state index contributed by atoms with van der Waals surface area (Å²) in [4.78, 5) is 2.38. The molecule has 1 rings (SSSR count). The van der Waals surface area contributed by atoms with Gasteiger partial charge in [-0.15, -0.1) is 0 Å². The van der Waals surface area contributed by atoms with Gasteiger partial charge < -0.3 is 0 Å². The Morgan fingerprint density at radius 2 is 2.00 bits per heavy atom. The fourth-order valence-electron chi connectivity index (χ4n) is 1.96. The number of hydrogen-bond donors (Lipinski definition) is 0. The average molecular weight is 234 g/mol. The topological polar surface area (TPSA) is 40.6 Å². The summed E-state index contributed by atoms with van der Waals surface area (Å²) in [5.41, 5.74) is 0. The average Bonchev–Trinajstić information content (AvgIpc) is 2.14. The summed E-state index contributed by atoms with van der Waals surface area (Å²) in [6, 6.07) is 0.347. The minimum Gasteiger partial charge on any atom is -0.298 e. The second kappa shape index (κ2) is 5.27. The van der Waals surface area contributed by atoms with Gasteiger partial charge in [0.1, 0.15) is 0 Å². The van der Waals surface area contributed by atoms with Gasteiger partial charge in [0.25, 0.3) is 0 Å². The maximum Gasteiger partial charge on any atom is 0.211 e. The molecule has 15 heavy (non-hydrogen) atoms. The Bertz CT molecular complexity index is 290. The van der Waals surface area contributed by atoms with Crippen LogP contribution in [0.3, 0.4) is 0 Å². The molecule has 1 aliphatic rings. The molecular formula is C10H22N2O2S. The third kappa shape index (κ3) is 3.74. The summed E-state index contributed by atoms with van der Waals surface area (Å²) < 4.78 is 24.3. The van der Waals surface area contributed by atoms with Gasteiger partial charge in [-0.25, -0.2) is 8.42 Å². The SMILES string of the molecule is CCCCN1CCN(S(C)(=O)=O)CC1C. The van der Waals surface area contributed by atoms with Crippen LogP contribution < -0.4 is 0 Å². The molecule has 1 atom stereocenters. The molecule has 0 spiro atoms. The van der Waals surface area contributed by atoms with E-state index in [-0.39, 0.29) is 0 Å². The zero-order valence-corrected chi connectivity index (χ0v) is 10.8. The third-order valence-electron chi connectivity index (χ3n) is 3.00. The molecule has 0 aromatic rings. The first-order valence-electron chi connectivity index (χ1n) is 5.64. The van der Waals surface area contributed by atoms with Crippen LogP contribution in [-0.4, -0.2) is 56.1 Å². The van der Waals surface area contributed by atoms with Gasteiger partial charge in [-0.05, 0) is 19.9 Å². The van der Waals surface area contributed by atoms with Crippen LogP contribution in [0.1, 0.15) is 26.7 Å².